The Morgan fingerprint density at radius 3 is 3.16 bits per heavy atom. The van der Waals surface area contributed by atoms with E-state index in [9.17, 15) is 0 Å². The summed E-state index contributed by atoms with van der Waals surface area (Å²) in [6, 6.07) is 3.90. The molecule has 0 spiro atoms. The van der Waals surface area contributed by atoms with Crippen LogP contribution in [0.3, 0.4) is 0 Å². The van der Waals surface area contributed by atoms with Gasteiger partial charge in [-0.1, -0.05) is 16.4 Å². The first-order chi connectivity index (χ1) is 9.35. The summed E-state index contributed by atoms with van der Waals surface area (Å²) in [7, 11) is 0. The molecule has 7 nitrogen and oxygen atoms in total. The van der Waals surface area contributed by atoms with Crippen molar-refractivity contribution < 1.29 is 4.52 Å². The van der Waals surface area contributed by atoms with Crippen molar-refractivity contribution in [1.82, 2.24) is 25.1 Å². The van der Waals surface area contributed by atoms with E-state index in [1.807, 2.05) is 23.7 Å². The fourth-order valence-electron chi connectivity index (χ4n) is 1.64. The fourth-order valence-corrected chi connectivity index (χ4v) is 2.29. The maximum Gasteiger partial charge on any atom is 0.248 e. The lowest BCUT2D eigenvalue weighted by Crippen LogP contribution is -2.03. The average molecular weight is 276 g/mol. The largest absolute Gasteiger partial charge is 0.337 e. The van der Waals surface area contributed by atoms with Crippen molar-refractivity contribution in [2.75, 3.05) is 6.54 Å². The first-order valence-corrected chi connectivity index (χ1v) is 6.68. The van der Waals surface area contributed by atoms with E-state index >= 15 is 0 Å². The maximum absolute atomic E-state index is 5.46. The predicted molar refractivity (Wildman–Crippen MR) is 69.5 cm³/mol. The first-order valence-electron chi connectivity index (χ1n) is 5.80. The second-order valence-electron chi connectivity index (χ2n) is 3.94. The van der Waals surface area contributed by atoms with Crippen molar-refractivity contribution >= 4 is 11.3 Å². The summed E-state index contributed by atoms with van der Waals surface area (Å²) in [5.74, 6) is 1.11. The summed E-state index contributed by atoms with van der Waals surface area (Å²) in [4.78, 5) is 5.31. The van der Waals surface area contributed by atoms with Crippen LogP contribution in [0.5, 0.6) is 0 Å². The van der Waals surface area contributed by atoms with Crippen LogP contribution >= 0.6 is 11.3 Å². The third kappa shape index (κ3) is 2.69. The summed E-state index contributed by atoms with van der Waals surface area (Å²) in [5, 5.41) is 13.9. The molecule has 19 heavy (non-hydrogen) atoms. The van der Waals surface area contributed by atoms with Crippen molar-refractivity contribution in [2.24, 2.45) is 5.73 Å². The van der Waals surface area contributed by atoms with E-state index in [1.54, 1.807) is 16.0 Å². The van der Waals surface area contributed by atoms with Crippen molar-refractivity contribution in [3.8, 4) is 10.7 Å². The predicted octanol–water partition coefficient (Wildman–Crippen LogP) is 0.939. The molecule has 3 rings (SSSR count). The zero-order valence-electron chi connectivity index (χ0n) is 10.1. The minimum atomic E-state index is 0.413. The topological polar surface area (TPSA) is 95.7 Å². The van der Waals surface area contributed by atoms with Gasteiger partial charge in [-0.15, -0.1) is 16.4 Å². The standard InChI is InChI=1S/C11H12N6OS/c12-4-3-8-6-17(16-14-8)7-10-13-11(15-18-10)9-2-1-5-19-9/h1-2,5-6H,3-4,7,12H2. The molecule has 0 aromatic carbocycles. The van der Waals surface area contributed by atoms with E-state index in [2.05, 4.69) is 20.5 Å². The molecule has 8 heteroatoms. The van der Waals surface area contributed by atoms with Crippen LogP contribution in [-0.2, 0) is 13.0 Å². The molecule has 0 atom stereocenters. The Labute approximate surface area is 113 Å². The summed E-state index contributed by atoms with van der Waals surface area (Å²) in [5.41, 5.74) is 6.32. The van der Waals surface area contributed by atoms with Crippen LogP contribution in [-0.4, -0.2) is 31.7 Å². The molecule has 0 saturated heterocycles. The summed E-state index contributed by atoms with van der Waals surface area (Å²) >= 11 is 1.57. The SMILES string of the molecule is NCCc1cn(Cc2nc(-c3cccs3)no2)nn1. The molecule has 0 radical (unpaired) electrons. The quantitative estimate of drug-likeness (QED) is 0.745. The number of thiophene rings is 1. The molecule has 3 aromatic rings. The van der Waals surface area contributed by atoms with Crippen molar-refractivity contribution in [1.29, 1.82) is 0 Å². The highest BCUT2D eigenvalue weighted by Gasteiger charge is 2.10. The van der Waals surface area contributed by atoms with Gasteiger partial charge in [0, 0.05) is 12.6 Å². The highest BCUT2D eigenvalue weighted by Crippen LogP contribution is 2.21. The number of nitrogens with two attached hydrogens (primary N) is 1. The Morgan fingerprint density at radius 2 is 2.37 bits per heavy atom. The van der Waals surface area contributed by atoms with E-state index in [-0.39, 0.29) is 0 Å². The molecular weight excluding hydrogens is 264 g/mol. The Kier molecular flexibility index (Phi) is 3.34. The van der Waals surface area contributed by atoms with Crippen LogP contribution in [0, 0.1) is 0 Å². The second kappa shape index (κ2) is 5.29. The molecule has 2 N–H and O–H groups in total. The molecule has 0 amide bonds. The lowest BCUT2D eigenvalue weighted by Gasteiger charge is -1.92. The number of nitrogens with zero attached hydrogens (tertiary/aromatic N) is 5. The van der Waals surface area contributed by atoms with Crippen LogP contribution in [0.4, 0.5) is 0 Å². The maximum atomic E-state index is 5.46. The highest BCUT2D eigenvalue weighted by atomic mass is 32.1. The van der Waals surface area contributed by atoms with Crippen LogP contribution in [0.1, 0.15) is 11.6 Å². The van der Waals surface area contributed by atoms with Gasteiger partial charge < -0.3 is 10.3 Å². The van der Waals surface area contributed by atoms with Crippen LogP contribution in [0.2, 0.25) is 0 Å². The minimum absolute atomic E-state index is 0.413. The lowest BCUT2D eigenvalue weighted by atomic mass is 10.3. The molecular formula is C11H12N6OS. The fraction of sp³-hybridized carbons (Fsp3) is 0.273. The van der Waals surface area contributed by atoms with E-state index in [0.717, 1.165) is 10.6 Å². The monoisotopic (exact) mass is 276 g/mol. The highest BCUT2D eigenvalue weighted by molar-refractivity contribution is 7.13. The summed E-state index contributed by atoms with van der Waals surface area (Å²) in [6.45, 7) is 0.970. The Morgan fingerprint density at radius 1 is 1.42 bits per heavy atom. The van der Waals surface area contributed by atoms with Crippen molar-refractivity contribution in [3.63, 3.8) is 0 Å². The van der Waals surface area contributed by atoms with E-state index in [1.165, 1.54) is 0 Å². The lowest BCUT2D eigenvalue weighted by molar-refractivity contribution is 0.364. The van der Waals surface area contributed by atoms with Gasteiger partial charge in [0.25, 0.3) is 0 Å². The smallest absolute Gasteiger partial charge is 0.248 e. The van der Waals surface area contributed by atoms with Crippen LogP contribution in [0.25, 0.3) is 10.7 Å². The molecule has 0 aliphatic rings. The zero-order valence-corrected chi connectivity index (χ0v) is 10.9. The molecule has 3 heterocycles. The second-order valence-corrected chi connectivity index (χ2v) is 4.88. The van der Waals surface area contributed by atoms with E-state index in [0.29, 0.717) is 31.2 Å². The van der Waals surface area contributed by atoms with Gasteiger partial charge in [-0.2, -0.15) is 4.98 Å². The van der Waals surface area contributed by atoms with Gasteiger partial charge in [-0.3, -0.25) is 0 Å². The van der Waals surface area contributed by atoms with E-state index in [4.69, 9.17) is 10.3 Å². The van der Waals surface area contributed by atoms with Gasteiger partial charge in [0.15, 0.2) is 0 Å². The molecule has 0 aliphatic carbocycles. The first kappa shape index (κ1) is 12.0. The molecule has 0 fully saturated rings. The number of aromatic nitrogens is 5. The van der Waals surface area contributed by atoms with Crippen molar-refractivity contribution in [3.05, 3.63) is 35.3 Å². The molecule has 98 valence electrons. The van der Waals surface area contributed by atoms with Gasteiger partial charge in [0.2, 0.25) is 11.7 Å². The third-order valence-corrected chi connectivity index (χ3v) is 3.36. The van der Waals surface area contributed by atoms with Gasteiger partial charge >= 0.3 is 0 Å². The van der Waals surface area contributed by atoms with Crippen LogP contribution in [0.15, 0.2) is 28.2 Å². The average Bonchev–Trinajstić information content (AvgIpc) is 3.10. The van der Waals surface area contributed by atoms with Crippen molar-refractivity contribution in [2.45, 2.75) is 13.0 Å². The van der Waals surface area contributed by atoms with E-state index < -0.39 is 0 Å². The van der Waals surface area contributed by atoms with Gasteiger partial charge in [-0.25, -0.2) is 4.68 Å². The normalized spacial score (nSPS) is 11.0. The third-order valence-electron chi connectivity index (χ3n) is 2.49. The zero-order chi connectivity index (χ0) is 13.1. The van der Waals surface area contributed by atoms with Gasteiger partial charge in [-0.05, 0) is 18.0 Å². The van der Waals surface area contributed by atoms with Gasteiger partial charge in [0.05, 0.1) is 10.6 Å². The Hall–Kier alpha value is -2.06. The number of rotatable bonds is 5. The molecule has 0 unspecified atom stereocenters. The molecule has 0 bridgehead atoms. The summed E-state index contributed by atoms with van der Waals surface area (Å²) in [6.07, 6.45) is 2.55. The Balaban J connectivity index is 1.72. The molecule has 3 aromatic heterocycles. The van der Waals surface area contributed by atoms with Crippen LogP contribution < -0.4 is 5.73 Å². The molecule has 0 saturated carbocycles. The molecule has 0 aliphatic heterocycles. The minimum Gasteiger partial charge on any atom is -0.337 e. The number of hydrogen-bond donors (Lipinski definition) is 1. The number of hydrogen-bond acceptors (Lipinski definition) is 7. The Bertz CT molecular complexity index is 644. The van der Waals surface area contributed by atoms with Gasteiger partial charge in [0.1, 0.15) is 6.54 Å². The summed E-state index contributed by atoms with van der Waals surface area (Å²) < 4.78 is 6.86.